The summed E-state index contributed by atoms with van der Waals surface area (Å²) in [5.74, 6) is -0.780. The maximum absolute atomic E-state index is 13.7. The molecule has 0 aliphatic heterocycles. The van der Waals surface area contributed by atoms with Gasteiger partial charge in [-0.05, 0) is 65.4 Å². The summed E-state index contributed by atoms with van der Waals surface area (Å²) in [7, 11) is 1.90. The topological polar surface area (TPSA) is 91.8 Å². The number of nitrogens with one attached hydrogen (secondary N) is 3. The summed E-state index contributed by atoms with van der Waals surface area (Å²) in [6.07, 6.45) is 1.81. The number of amides is 2. The third-order valence-electron chi connectivity index (χ3n) is 6.82. The fourth-order valence-electron chi connectivity index (χ4n) is 4.69. The van der Waals surface area contributed by atoms with Crippen molar-refractivity contribution < 1.29 is 14.0 Å². The molecule has 1 unspecified atom stereocenters. The largest absolute Gasteiger partial charge is 0.350 e. The molecule has 0 radical (unpaired) electrons. The lowest BCUT2D eigenvalue weighted by molar-refractivity contribution is 0.0930. The van der Waals surface area contributed by atoms with Crippen molar-refractivity contribution in [3.63, 3.8) is 0 Å². The second-order valence-electron chi connectivity index (χ2n) is 11.2. The molecule has 1 atom stereocenters. The van der Waals surface area contributed by atoms with Crippen LogP contribution in [0.2, 0.25) is 0 Å². The molecule has 3 N–H and O–H groups in total. The number of carbonyl (C=O) groups excluding carboxylic acids is 2. The van der Waals surface area contributed by atoms with Crippen LogP contribution in [0.4, 0.5) is 4.39 Å². The zero-order valence-corrected chi connectivity index (χ0v) is 22.7. The van der Waals surface area contributed by atoms with Crippen molar-refractivity contribution in [3.8, 4) is 11.1 Å². The molecule has 0 saturated carbocycles. The highest BCUT2D eigenvalue weighted by molar-refractivity contribution is 6.08. The van der Waals surface area contributed by atoms with Crippen molar-refractivity contribution in [1.82, 2.24) is 25.4 Å². The van der Waals surface area contributed by atoms with E-state index < -0.39 is 0 Å². The summed E-state index contributed by atoms with van der Waals surface area (Å²) < 4.78 is 15.6. The van der Waals surface area contributed by atoms with Gasteiger partial charge in [-0.2, -0.15) is 5.10 Å². The number of nitrogens with zero attached hydrogens (tertiary/aromatic N) is 2. The van der Waals surface area contributed by atoms with E-state index in [0.29, 0.717) is 23.4 Å². The van der Waals surface area contributed by atoms with Crippen LogP contribution in [-0.2, 0) is 7.05 Å². The van der Waals surface area contributed by atoms with Crippen molar-refractivity contribution in [2.24, 2.45) is 12.5 Å². The van der Waals surface area contributed by atoms with E-state index in [2.05, 4.69) is 41.6 Å². The highest BCUT2D eigenvalue weighted by atomic mass is 19.1. The van der Waals surface area contributed by atoms with Crippen molar-refractivity contribution >= 4 is 33.6 Å². The van der Waals surface area contributed by atoms with E-state index >= 15 is 0 Å². The highest BCUT2D eigenvalue weighted by Gasteiger charge is 2.20. The molecule has 0 saturated heterocycles. The Morgan fingerprint density at radius 2 is 1.74 bits per heavy atom. The lowest BCUT2D eigenvalue weighted by Crippen LogP contribution is -2.32. The summed E-state index contributed by atoms with van der Waals surface area (Å²) >= 11 is 0. The number of hydrogen-bond acceptors (Lipinski definition) is 3. The number of fused-ring (bicyclic) bond motifs is 2. The summed E-state index contributed by atoms with van der Waals surface area (Å²) in [6, 6.07) is 17.7. The Balaban J connectivity index is 1.43. The van der Waals surface area contributed by atoms with E-state index in [-0.39, 0.29) is 29.1 Å². The number of aryl methyl sites for hydroxylation is 1. The third kappa shape index (κ3) is 5.41. The quantitative estimate of drug-likeness (QED) is 0.249. The average molecular weight is 526 g/mol. The first-order valence-corrected chi connectivity index (χ1v) is 12.9. The van der Waals surface area contributed by atoms with E-state index in [1.165, 1.54) is 12.1 Å². The molecule has 2 amide bonds. The van der Waals surface area contributed by atoms with Gasteiger partial charge < -0.3 is 15.2 Å². The molecule has 5 rings (SSSR count). The number of carbonyl (C=O) groups is 2. The monoisotopic (exact) mass is 525 g/mol. The maximum Gasteiger partial charge on any atom is 0.272 e. The van der Waals surface area contributed by atoms with Gasteiger partial charge in [-0.1, -0.05) is 45.0 Å². The van der Waals surface area contributed by atoms with Gasteiger partial charge in [0.1, 0.15) is 5.82 Å². The average Bonchev–Trinajstić information content (AvgIpc) is 3.47. The molecular weight excluding hydrogens is 493 g/mol. The molecule has 0 aliphatic carbocycles. The van der Waals surface area contributed by atoms with Crippen LogP contribution in [0.3, 0.4) is 0 Å². The number of hydrogen-bond donors (Lipinski definition) is 3. The van der Waals surface area contributed by atoms with Crippen molar-refractivity contribution in [3.05, 3.63) is 89.5 Å². The first kappa shape index (κ1) is 26.2. The van der Waals surface area contributed by atoms with Crippen LogP contribution in [0.5, 0.6) is 0 Å². The van der Waals surface area contributed by atoms with Crippen LogP contribution in [0.15, 0.2) is 66.9 Å². The Kier molecular flexibility index (Phi) is 6.72. The first-order valence-electron chi connectivity index (χ1n) is 12.9. The molecule has 0 spiro atoms. The number of rotatable bonds is 6. The second kappa shape index (κ2) is 10.0. The normalized spacial score (nSPS) is 12.6. The zero-order chi connectivity index (χ0) is 27.9. The minimum atomic E-state index is -0.357. The minimum absolute atomic E-state index is 0.0295. The fraction of sp³-hybridized carbons (Fsp3) is 0.258. The summed E-state index contributed by atoms with van der Waals surface area (Å²) in [6.45, 7) is 8.57. The van der Waals surface area contributed by atoms with Gasteiger partial charge in [0.2, 0.25) is 0 Å². The molecule has 2 heterocycles. The van der Waals surface area contributed by atoms with Crippen LogP contribution >= 0.6 is 0 Å². The predicted octanol–water partition coefficient (Wildman–Crippen LogP) is 6.13. The van der Waals surface area contributed by atoms with Gasteiger partial charge in [0.25, 0.3) is 11.8 Å². The van der Waals surface area contributed by atoms with Gasteiger partial charge in [0, 0.05) is 36.1 Å². The minimum Gasteiger partial charge on any atom is -0.350 e. The lowest BCUT2D eigenvalue weighted by atomic mass is 9.97. The predicted molar refractivity (Wildman–Crippen MR) is 152 cm³/mol. The molecule has 0 aliphatic rings. The molecule has 8 heteroatoms. The van der Waals surface area contributed by atoms with Crippen molar-refractivity contribution in [2.45, 2.75) is 33.7 Å². The standard InChI is InChI=1S/C31H32FN5O2/c1-18(19-7-6-8-22(32)13-19)34-29(38)25-16-37(5)27-12-10-20(14-24(25)27)21-9-11-23-26(15-21)35-36-28(23)30(39)33-17-31(2,3)4/h6-16,18H,17H2,1-5H3,(H,33,39)(H,34,38)(H,35,36). The van der Waals surface area contributed by atoms with Crippen LogP contribution < -0.4 is 10.6 Å². The number of aromatic amines is 1. The van der Waals surface area contributed by atoms with Gasteiger partial charge >= 0.3 is 0 Å². The fourth-order valence-corrected chi connectivity index (χ4v) is 4.69. The Hall–Kier alpha value is -4.46. The third-order valence-corrected chi connectivity index (χ3v) is 6.82. The van der Waals surface area contributed by atoms with E-state index in [4.69, 9.17) is 0 Å². The second-order valence-corrected chi connectivity index (χ2v) is 11.2. The Labute approximate surface area is 226 Å². The van der Waals surface area contributed by atoms with E-state index in [0.717, 1.165) is 32.9 Å². The van der Waals surface area contributed by atoms with Crippen molar-refractivity contribution in [2.75, 3.05) is 6.54 Å². The zero-order valence-electron chi connectivity index (χ0n) is 22.7. The maximum atomic E-state index is 13.7. The molecule has 3 aromatic carbocycles. The molecule has 7 nitrogen and oxygen atoms in total. The first-order chi connectivity index (χ1) is 18.5. The highest BCUT2D eigenvalue weighted by Crippen LogP contribution is 2.30. The Morgan fingerprint density at radius 1 is 1.00 bits per heavy atom. The molecule has 5 aromatic rings. The molecular formula is C31H32FN5O2. The van der Waals surface area contributed by atoms with Gasteiger partial charge in [0.05, 0.1) is 17.1 Å². The number of H-pyrrole nitrogens is 1. The van der Waals surface area contributed by atoms with Crippen LogP contribution in [0, 0.1) is 11.2 Å². The SMILES string of the molecule is CC(NC(=O)c1cn(C)c2ccc(-c3ccc4c(C(=O)NCC(C)(C)C)n[nH]c4c3)cc12)c1cccc(F)c1. The number of benzene rings is 3. The smallest absolute Gasteiger partial charge is 0.272 e. The van der Waals surface area contributed by atoms with E-state index in [9.17, 15) is 14.0 Å². The summed E-state index contributed by atoms with van der Waals surface area (Å²) in [5.41, 5.74) is 5.10. The van der Waals surface area contributed by atoms with Crippen LogP contribution in [0.25, 0.3) is 32.9 Å². The number of halogens is 1. The molecule has 0 fully saturated rings. The van der Waals surface area contributed by atoms with Crippen LogP contribution in [-0.4, -0.2) is 33.1 Å². The Morgan fingerprint density at radius 3 is 2.49 bits per heavy atom. The number of aromatic nitrogens is 3. The molecule has 39 heavy (non-hydrogen) atoms. The van der Waals surface area contributed by atoms with Crippen LogP contribution in [0.1, 0.15) is 60.1 Å². The molecule has 2 aromatic heterocycles. The lowest BCUT2D eigenvalue weighted by Gasteiger charge is -2.18. The van der Waals surface area contributed by atoms with Gasteiger partial charge in [-0.25, -0.2) is 4.39 Å². The van der Waals surface area contributed by atoms with Gasteiger partial charge in [-0.3, -0.25) is 14.7 Å². The van der Waals surface area contributed by atoms with Gasteiger partial charge in [-0.15, -0.1) is 0 Å². The Bertz CT molecular complexity index is 1710. The molecule has 0 bridgehead atoms. The molecule has 200 valence electrons. The summed E-state index contributed by atoms with van der Waals surface area (Å²) in [4.78, 5) is 26.0. The van der Waals surface area contributed by atoms with E-state index in [1.807, 2.05) is 61.1 Å². The van der Waals surface area contributed by atoms with Crippen molar-refractivity contribution in [1.29, 1.82) is 0 Å². The van der Waals surface area contributed by atoms with Gasteiger partial charge in [0.15, 0.2) is 5.69 Å². The summed E-state index contributed by atoms with van der Waals surface area (Å²) in [5, 5.41) is 14.7. The van der Waals surface area contributed by atoms with E-state index in [1.54, 1.807) is 12.1 Å².